The van der Waals surface area contributed by atoms with Gasteiger partial charge in [-0.1, -0.05) is 18.2 Å². The summed E-state index contributed by atoms with van der Waals surface area (Å²) in [6, 6.07) is 9.18. The zero-order valence-electron chi connectivity index (χ0n) is 12.3. The van der Waals surface area contributed by atoms with E-state index in [-0.39, 0.29) is 30.0 Å². The first kappa shape index (κ1) is 15.1. The van der Waals surface area contributed by atoms with Crippen molar-refractivity contribution in [3.8, 4) is 0 Å². The van der Waals surface area contributed by atoms with Crippen molar-refractivity contribution in [3.05, 3.63) is 41.8 Å². The lowest BCUT2D eigenvalue weighted by Gasteiger charge is -2.09. The maximum Gasteiger partial charge on any atom is 0.347 e. The fourth-order valence-corrected chi connectivity index (χ4v) is 2.07. The molecule has 1 aliphatic heterocycles. The fourth-order valence-electron chi connectivity index (χ4n) is 2.07. The van der Waals surface area contributed by atoms with Gasteiger partial charge in [0.2, 0.25) is 11.7 Å². The van der Waals surface area contributed by atoms with Crippen molar-refractivity contribution >= 4 is 23.3 Å². The van der Waals surface area contributed by atoms with E-state index in [1.54, 1.807) is 24.3 Å². The van der Waals surface area contributed by atoms with Gasteiger partial charge in [-0.25, -0.2) is 4.79 Å². The van der Waals surface area contributed by atoms with Gasteiger partial charge in [0.15, 0.2) is 18.8 Å². The molecule has 2 N–H and O–H groups in total. The lowest BCUT2D eigenvalue weighted by molar-refractivity contribution is -0.145. The Balaban J connectivity index is 1.64. The molecule has 7 nitrogen and oxygen atoms in total. The lowest BCUT2D eigenvalue weighted by Crippen LogP contribution is -2.31. The lowest BCUT2D eigenvalue weighted by atomic mass is 10.2. The highest BCUT2D eigenvalue weighted by atomic mass is 16.5. The van der Waals surface area contributed by atoms with Crippen LogP contribution < -0.4 is 10.6 Å². The number of hydrogen-bond acceptors (Lipinski definition) is 6. The van der Waals surface area contributed by atoms with E-state index in [2.05, 4.69) is 10.6 Å². The van der Waals surface area contributed by atoms with Gasteiger partial charge in [-0.15, -0.1) is 0 Å². The quantitative estimate of drug-likeness (QED) is 0.594. The van der Waals surface area contributed by atoms with Gasteiger partial charge >= 0.3 is 5.97 Å². The van der Waals surface area contributed by atoms with E-state index < -0.39 is 18.4 Å². The molecule has 1 heterocycles. The van der Waals surface area contributed by atoms with Crippen LogP contribution in [0, 0.1) is 0 Å². The van der Waals surface area contributed by atoms with Crippen LogP contribution in [0.2, 0.25) is 0 Å². The van der Waals surface area contributed by atoms with Crippen molar-refractivity contribution < 1.29 is 23.9 Å². The number of carbonyl (C=O) groups excluding carboxylic acids is 3. The molecule has 3 rings (SSSR count). The highest BCUT2D eigenvalue weighted by molar-refractivity contribution is 6.20. The van der Waals surface area contributed by atoms with E-state index in [1.165, 1.54) is 0 Å². The maximum atomic E-state index is 12.1. The fraction of sp³-hybridized carbons (Fsp3) is 0.312. The van der Waals surface area contributed by atoms with E-state index in [1.807, 2.05) is 6.07 Å². The summed E-state index contributed by atoms with van der Waals surface area (Å²) in [5, 5.41) is 5.57. The predicted molar refractivity (Wildman–Crippen MR) is 80.2 cm³/mol. The van der Waals surface area contributed by atoms with Gasteiger partial charge in [0.25, 0.3) is 5.91 Å². The van der Waals surface area contributed by atoms with Gasteiger partial charge in [0, 0.05) is 11.7 Å². The first-order chi connectivity index (χ1) is 11.1. The van der Waals surface area contributed by atoms with Crippen molar-refractivity contribution in [3.63, 3.8) is 0 Å². The Labute approximate surface area is 132 Å². The highest BCUT2D eigenvalue weighted by Gasteiger charge is 2.33. The molecule has 1 aromatic rings. The van der Waals surface area contributed by atoms with Gasteiger partial charge in [-0.3, -0.25) is 9.59 Å². The minimum absolute atomic E-state index is 0.0498. The second kappa shape index (κ2) is 6.51. The molecule has 120 valence electrons. The third-order valence-corrected chi connectivity index (χ3v) is 3.37. The topological polar surface area (TPSA) is 93.7 Å². The minimum atomic E-state index is -0.864. The summed E-state index contributed by atoms with van der Waals surface area (Å²) in [4.78, 5) is 35.4. The molecule has 7 heteroatoms. The molecular weight excluding hydrogens is 300 g/mol. The number of esters is 1. The molecule has 0 aromatic heterocycles. The van der Waals surface area contributed by atoms with Crippen LogP contribution in [0.3, 0.4) is 0 Å². The Morgan fingerprint density at radius 2 is 1.96 bits per heavy atom. The van der Waals surface area contributed by atoms with E-state index in [0.717, 1.165) is 12.8 Å². The van der Waals surface area contributed by atoms with Crippen LogP contribution in [0.15, 0.2) is 41.8 Å². The van der Waals surface area contributed by atoms with Crippen LogP contribution >= 0.6 is 0 Å². The average Bonchev–Trinajstić information content (AvgIpc) is 3.28. The van der Waals surface area contributed by atoms with Crippen LogP contribution in [-0.4, -0.2) is 36.9 Å². The molecule has 0 unspecified atom stereocenters. The number of benzene rings is 1. The molecule has 23 heavy (non-hydrogen) atoms. The zero-order valence-corrected chi connectivity index (χ0v) is 12.3. The molecule has 1 aliphatic carbocycles. The number of para-hydroxylation sites is 1. The Bertz CT molecular complexity index is 664. The van der Waals surface area contributed by atoms with Gasteiger partial charge in [0.1, 0.15) is 0 Å². The number of hydrogen-bond donors (Lipinski definition) is 2. The summed E-state index contributed by atoms with van der Waals surface area (Å²) < 4.78 is 10.1. The zero-order chi connectivity index (χ0) is 16.2. The Morgan fingerprint density at radius 1 is 1.22 bits per heavy atom. The Morgan fingerprint density at radius 3 is 2.65 bits per heavy atom. The summed E-state index contributed by atoms with van der Waals surface area (Å²) in [6.07, 6.45) is 1.89. The molecule has 2 aliphatic rings. The van der Waals surface area contributed by atoms with E-state index in [0.29, 0.717) is 5.69 Å². The predicted octanol–water partition coefficient (Wildman–Crippen LogP) is 0.731. The summed E-state index contributed by atoms with van der Waals surface area (Å²) in [7, 11) is 0. The normalized spacial score (nSPS) is 16.8. The summed E-state index contributed by atoms with van der Waals surface area (Å²) in [5.74, 6) is -1.66. The molecule has 1 saturated carbocycles. The maximum absolute atomic E-state index is 12.1. The molecule has 1 aromatic carbocycles. The van der Waals surface area contributed by atoms with Gasteiger partial charge in [-0.2, -0.15) is 0 Å². The number of amides is 1. The van der Waals surface area contributed by atoms with Gasteiger partial charge in [-0.05, 0) is 25.0 Å². The summed E-state index contributed by atoms with van der Waals surface area (Å²) >= 11 is 0. The molecule has 1 fully saturated rings. The van der Waals surface area contributed by atoms with Crippen LogP contribution in [0.5, 0.6) is 0 Å². The molecule has 0 spiro atoms. The largest absolute Gasteiger partial charge is 0.470 e. The van der Waals surface area contributed by atoms with Crippen molar-refractivity contribution in [1.29, 1.82) is 0 Å². The smallest absolute Gasteiger partial charge is 0.347 e. The Kier molecular flexibility index (Phi) is 4.27. The van der Waals surface area contributed by atoms with Crippen LogP contribution in [0.1, 0.15) is 12.8 Å². The van der Waals surface area contributed by atoms with Crippen LogP contribution in [-0.2, 0) is 23.9 Å². The number of carbonyl (C=O) groups is 3. The number of nitrogens with one attached hydrogen (secondary N) is 2. The molecule has 0 saturated heterocycles. The third-order valence-electron chi connectivity index (χ3n) is 3.37. The SMILES string of the molecule is O=C(COC(=O)C1=C(Nc2ccccc2)OCC1=O)NC1CC1. The Hall–Kier alpha value is -2.83. The van der Waals surface area contributed by atoms with Crippen molar-refractivity contribution in [2.75, 3.05) is 18.5 Å². The average molecular weight is 316 g/mol. The van der Waals surface area contributed by atoms with Crippen LogP contribution in [0.25, 0.3) is 0 Å². The molecule has 0 radical (unpaired) electrons. The molecule has 1 amide bonds. The van der Waals surface area contributed by atoms with E-state index in [4.69, 9.17) is 9.47 Å². The van der Waals surface area contributed by atoms with Gasteiger partial charge < -0.3 is 20.1 Å². The monoisotopic (exact) mass is 316 g/mol. The summed E-state index contributed by atoms with van der Waals surface area (Å²) in [6.45, 7) is -0.640. The van der Waals surface area contributed by atoms with Crippen molar-refractivity contribution in [2.24, 2.45) is 0 Å². The molecular formula is C16H16N2O5. The summed E-state index contributed by atoms with van der Waals surface area (Å²) in [5.41, 5.74) is 0.474. The number of ether oxygens (including phenoxy) is 2. The number of Topliss-reactive ketones (excluding diaryl/α,β-unsaturated/α-hetero) is 1. The number of anilines is 1. The van der Waals surface area contributed by atoms with E-state index in [9.17, 15) is 14.4 Å². The van der Waals surface area contributed by atoms with E-state index >= 15 is 0 Å². The number of rotatable bonds is 6. The molecule has 0 atom stereocenters. The van der Waals surface area contributed by atoms with Crippen molar-refractivity contribution in [2.45, 2.75) is 18.9 Å². The number of ketones is 1. The minimum Gasteiger partial charge on any atom is -0.470 e. The first-order valence-electron chi connectivity index (χ1n) is 7.32. The van der Waals surface area contributed by atoms with Gasteiger partial charge in [0.05, 0.1) is 0 Å². The second-order valence-corrected chi connectivity index (χ2v) is 5.32. The van der Waals surface area contributed by atoms with Crippen molar-refractivity contribution in [1.82, 2.24) is 5.32 Å². The molecule has 0 bridgehead atoms. The first-order valence-corrected chi connectivity index (χ1v) is 7.32. The highest BCUT2D eigenvalue weighted by Crippen LogP contribution is 2.21. The van der Waals surface area contributed by atoms with Crippen LogP contribution in [0.4, 0.5) is 5.69 Å². The third kappa shape index (κ3) is 3.88. The standard InChI is InChI=1S/C16H16N2O5/c19-12-8-22-15(18-10-4-2-1-3-5-10)14(12)16(21)23-9-13(20)17-11-6-7-11/h1-5,11,18H,6-9H2,(H,17,20). The second-order valence-electron chi connectivity index (χ2n) is 5.32.